The first-order valence-electron chi connectivity index (χ1n) is 14.8. The molecule has 6 aromatic rings. The normalized spacial score (nSPS) is 14.5. The smallest absolute Gasteiger partial charge is 0.293 e. The monoisotopic (exact) mass is 763 g/mol. The number of alkyl halides is 1. The average molecular weight is 764 g/mol. The second-order valence-corrected chi connectivity index (χ2v) is 14.4. The van der Waals surface area contributed by atoms with E-state index in [0.29, 0.717) is 30.7 Å². The maximum absolute atomic E-state index is 11.6. The van der Waals surface area contributed by atoms with Crippen LogP contribution in [0, 0.1) is 20.2 Å². The van der Waals surface area contributed by atoms with Crippen LogP contribution in [0.4, 0.5) is 11.4 Å². The number of nitro groups is 2. The third-order valence-corrected chi connectivity index (χ3v) is 10.6. The van der Waals surface area contributed by atoms with Gasteiger partial charge in [-0.05, 0) is 46.5 Å². The van der Waals surface area contributed by atoms with Gasteiger partial charge in [-0.2, -0.15) is 0 Å². The van der Waals surface area contributed by atoms with E-state index in [1.165, 1.54) is 0 Å². The van der Waals surface area contributed by atoms with Crippen LogP contribution in [0.25, 0.3) is 44.3 Å². The Labute approximate surface area is 284 Å². The molecule has 0 unspecified atom stereocenters. The highest BCUT2D eigenvalue weighted by Crippen LogP contribution is 2.33. The lowest BCUT2D eigenvalue weighted by Crippen LogP contribution is -2.39. The lowest BCUT2D eigenvalue weighted by atomic mass is 10.1. The zero-order valence-corrected chi connectivity index (χ0v) is 28.0. The van der Waals surface area contributed by atoms with E-state index < -0.39 is 9.84 Å². The van der Waals surface area contributed by atoms with E-state index in [2.05, 4.69) is 32.6 Å². The van der Waals surface area contributed by atoms with E-state index in [1.807, 2.05) is 89.8 Å². The first-order valence-corrected chi connectivity index (χ1v) is 18.1. The predicted molar refractivity (Wildman–Crippen MR) is 192 cm³/mol. The van der Waals surface area contributed by atoms with Gasteiger partial charge in [0.25, 0.3) is 11.4 Å². The number of hydrogen-bond donors (Lipinski definition) is 2. The standard InChI is InChI=1S/C19H19N3O4S.C15H11IN2O2/c23-22(24)18-11-14(13-21-6-8-27(25,26)9-7-21)10-16-12-17(20-19(16)18)15-4-2-1-3-5-15;16-9-10-6-12-8-13(11-4-2-1-3-5-11)17-15(12)14(7-10)18(19)20/h1-5,10-12,20H,6-9,13H2;1-8,17H,9H2. The van der Waals surface area contributed by atoms with E-state index in [9.17, 15) is 28.6 Å². The molecule has 2 aromatic heterocycles. The number of aromatic amines is 2. The van der Waals surface area contributed by atoms with Crippen LogP contribution < -0.4 is 0 Å². The number of H-pyrrole nitrogens is 2. The van der Waals surface area contributed by atoms with Crippen molar-refractivity contribution in [1.82, 2.24) is 14.9 Å². The minimum Gasteiger partial charge on any atom is -0.349 e. The number of aromatic nitrogens is 2. The van der Waals surface area contributed by atoms with Crippen molar-refractivity contribution in [2.75, 3.05) is 24.6 Å². The van der Waals surface area contributed by atoms with Crippen LogP contribution in [0.5, 0.6) is 0 Å². The highest BCUT2D eigenvalue weighted by molar-refractivity contribution is 14.1. The molecule has 4 aromatic carbocycles. The number of benzene rings is 4. The van der Waals surface area contributed by atoms with Gasteiger partial charge in [-0.1, -0.05) is 83.3 Å². The largest absolute Gasteiger partial charge is 0.349 e. The first-order chi connectivity index (χ1) is 22.6. The topological polar surface area (TPSA) is 155 Å². The number of non-ortho nitro benzene ring substituents is 2. The Balaban J connectivity index is 0.000000172. The van der Waals surface area contributed by atoms with Crippen LogP contribution in [0.1, 0.15) is 11.1 Å². The Morgan fingerprint density at radius 3 is 1.57 bits per heavy atom. The lowest BCUT2D eigenvalue weighted by Gasteiger charge is -2.26. The number of halogens is 1. The zero-order valence-electron chi connectivity index (χ0n) is 25.1. The predicted octanol–water partition coefficient (Wildman–Crippen LogP) is 7.65. The van der Waals surface area contributed by atoms with Crippen LogP contribution in [0.2, 0.25) is 0 Å². The van der Waals surface area contributed by atoms with E-state index in [0.717, 1.165) is 48.8 Å². The molecule has 11 nitrogen and oxygen atoms in total. The van der Waals surface area contributed by atoms with Gasteiger partial charge in [-0.15, -0.1) is 0 Å². The molecule has 0 radical (unpaired) electrons. The number of rotatable bonds is 7. The maximum Gasteiger partial charge on any atom is 0.293 e. The van der Waals surface area contributed by atoms with E-state index in [4.69, 9.17) is 0 Å². The number of nitrogens with zero attached hydrogens (tertiary/aromatic N) is 3. The molecule has 13 heteroatoms. The molecule has 0 amide bonds. The molecule has 0 atom stereocenters. The number of hydrogen-bond acceptors (Lipinski definition) is 7. The second-order valence-electron chi connectivity index (χ2n) is 11.3. The van der Waals surface area contributed by atoms with Gasteiger partial charge < -0.3 is 9.97 Å². The molecular weight excluding hydrogens is 733 g/mol. The average Bonchev–Trinajstić information content (AvgIpc) is 3.71. The number of sulfone groups is 1. The van der Waals surface area contributed by atoms with Crippen molar-refractivity contribution in [1.29, 1.82) is 0 Å². The fourth-order valence-corrected chi connectivity index (χ4v) is 7.46. The molecule has 0 aliphatic carbocycles. The van der Waals surface area contributed by atoms with Crippen LogP contribution in [-0.2, 0) is 20.8 Å². The third-order valence-electron chi connectivity index (χ3n) is 8.10. The minimum atomic E-state index is -2.95. The van der Waals surface area contributed by atoms with Crippen molar-refractivity contribution in [3.63, 3.8) is 0 Å². The van der Waals surface area contributed by atoms with Crippen molar-refractivity contribution in [2.45, 2.75) is 11.0 Å². The van der Waals surface area contributed by atoms with Crippen molar-refractivity contribution < 1.29 is 18.3 Å². The van der Waals surface area contributed by atoms with Crippen LogP contribution in [0.3, 0.4) is 0 Å². The Bertz CT molecular complexity index is 2190. The third kappa shape index (κ3) is 7.37. The van der Waals surface area contributed by atoms with Crippen molar-refractivity contribution in [3.05, 3.63) is 128 Å². The molecular formula is C34H30IN5O6S. The molecule has 1 aliphatic rings. The highest BCUT2D eigenvalue weighted by Gasteiger charge is 2.23. The molecule has 1 aliphatic heterocycles. The summed E-state index contributed by atoms with van der Waals surface area (Å²) >= 11 is 2.21. The number of nitro benzene ring substituents is 2. The summed E-state index contributed by atoms with van der Waals surface area (Å²) in [5.41, 5.74) is 6.75. The summed E-state index contributed by atoms with van der Waals surface area (Å²) < 4.78 is 23.9. The molecule has 240 valence electrons. The Morgan fingerprint density at radius 2 is 1.13 bits per heavy atom. The van der Waals surface area contributed by atoms with Crippen LogP contribution in [-0.4, -0.2) is 57.7 Å². The second kappa shape index (κ2) is 13.6. The molecule has 0 saturated carbocycles. The van der Waals surface area contributed by atoms with Gasteiger partial charge in [0.1, 0.15) is 11.0 Å². The summed E-state index contributed by atoms with van der Waals surface area (Å²) in [6.07, 6.45) is 0. The highest BCUT2D eigenvalue weighted by atomic mass is 127. The maximum atomic E-state index is 11.6. The zero-order chi connectivity index (χ0) is 33.1. The van der Waals surface area contributed by atoms with Gasteiger partial charge in [0.15, 0.2) is 9.84 Å². The Hall–Kier alpha value is -4.60. The van der Waals surface area contributed by atoms with Gasteiger partial charge in [0, 0.05) is 58.4 Å². The van der Waals surface area contributed by atoms with Crippen molar-refractivity contribution in [2.24, 2.45) is 0 Å². The quantitative estimate of drug-likeness (QED) is 0.0733. The first kappa shape index (κ1) is 32.3. The van der Waals surface area contributed by atoms with E-state index in [1.54, 1.807) is 12.1 Å². The molecule has 7 rings (SSSR count). The Kier molecular flexibility index (Phi) is 9.38. The van der Waals surface area contributed by atoms with Crippen LogP contribution in [0.15, 0.2) is 97.1 Å². The van der Waals surface area contributed by atoms with Gasteiger partial charge in [0.2, 0.25) is 0 Å². The number of nitrogens with one attached hydrogen (secondary N) is 2. The number of fused-ring (bicyclic) bond motifs is 2. The fraction of sp³-hybridized carbons (Fsp3) is 0.176. The molecule has 47 heavy (non-hydrogen) atoms. The lowest BCUT2D eigenvalue weighted by molar-refractivity contribution is -0.383. The van der Waals surface area contributed by atoms with Crippen molar-refractivity contribution in [3.8, 4) is 22.5 Å². The molecule has 0 spiro atoms. The molecule has 3 heterocycles. The van der Waals surface area contributed by atoms with Crippen molar-refractivity contribution >= 4 is 65.6 Å². The SMILES string of the molecule is O=[N+]([O-])c1cc(CI)cc2cc(-c3ccccc3)[nH]c12.O=[N+]([O-])c1cc(CN2CCS(=O)(=O)CC2)cc2cc(-c3ccccc3)[nH]c12. The van der Waals surface area contributed by atoms with Crippen LogP contribution >= 0.6 is 22.6 Å². The van der Waals surface area contributed by atoms with Gasteiger partial charge >= 0.3 is 0 Å². The molecule has 1 saturated heterocycles. The summed E-state index contributed by atoms with van der Waals surface area (Å²) in [7, 11) is -2.95. The Morgan fingerprint density at radius 1 is 0.681 bits per heavy atom. The molecule has 2 N–H and O–H groups in total. The minimum absolute atomic E-state index is 0.0364. The molecule has 1 fully saturated rings. The summed E-state index contributed by atoms with van der Waals surface area (Å²) in [4.78, 5) is 30.5. The molecule has 0 bridgehead atoms. The summed E-state index contributed by atoms with van der Waals surface area (Å²) in [5, 5.41) is 24.5. The van der Waals surface area contributed by atoms with E-state index >= 15 is 0 Å². The van der Waals surface area contributed by atoms with Gasteiger partial charge in [-0.25, -0.2) is 8.42 Å². The fourth-order valence-electron chi connectivity index (χ4n) is 5.74. The van der Waals surface area contributed by atoms with Gasteiger partial charge in [0.05, 0.1) is 21.4 Å². The van der Waals surface area contributed by atoms with E-state index in [-0.39, 0.29) is 32.7 Å². The summed E-state index contributed by atoms with van der Waals surface area (Å²) in [6, 6.07) is 30.5. The van der Waals surface area contributed by atoms with Gasteiger partial charge in [-0.3, -0.25) is 25.1 Å². The summed E-state index contributed by atoms with van der Waals surface area (Å²) in [6.45, 7) is 1.41. The summed E-state index contributed by atoms with van der Waals surface area (Å²) in [5.74, 6) is 0.277.